The second-order valence-corrected chi connectivity index (χ2v) is 7.15. The van der Waals surface area contributed by atoms with Crippen LogP contribution in [0.3, 0.4) is 0 Å². The Bertz CT molecular complexity index is 714. The molecule has 7 heteroatoms. The van der Waals surface area contributed by atoms with Crippen LogP contribution in [0.2, 0.25) is 5.02 Å². The highest BCUT2D eigenvalue weighted by molar-refractivity contribution is 6.31. The lowest BCUT2D eigenvalue weighted by Gasteiger charge is -2.20. The number of hydrogen-bond acceptors (Lipinski definition) is 3. The Morgan fingerprint density at radius 3 is 2.76 bits per heavy atom. The van der Waals surface area contributed by atoms with Gasteiger partial charge in [-0.2, -0.15) is 0 Å². The van der Waals surface area contributed by atoms with Crippen molar-refractivity contribution < 1.29 is 14.4 Å². The highest BCUT2D eigenvalue weighted by Gasteiger charge is 2.51. The molecule has 1 aromatic rings. The largest absolute Gasteiger partial charge is 0.326 e. The maximum Gasteiger partial charge on any atom is 0.325 e. The number of hydrogen-bond donors (Lipinski definition) is 2. The monoisotopic (exact) mass is 363 g/mol. The second kappa shape index (κ2) is 7.04. The normalized spacial score (nSPS) is 18.7. The van der Waals surface area contributed by atoms with E-state index in [1.165, 1.54) is 4.90 Å². The van der Waals surface area contributed by atoms with Crippen LogP contribution in [-0.4, -0.2) is 34.8 Å². The van der Waals surface area contributed by atoms with Crippen molar-refractivity contribution in [2.75, 3.05) is 11.9 Å². The molecule has 0 unspecified atom stereocenters. The summed E-state index contributed by atoms with van der Waals surface area (Å²) in [6.45, 7) is 2.10. The standard InChI is InChI=1S/C18H22ClN3O3/c1-12-13(19)6-4-7-14(12)20-15(23)8-5-11-22-16(24)18(21-17(22)25)9-2-3-10-18/h4,6-7H,2-3,5,8-11H2,1H3,(H,20,23)(H,21,25). The zero-order valence-electron chi connectivity index (χ0n) is 14.2. The first-order chi connectivity index (χ1) is 11.9. The first-order valence-corrected chi connectivity index (χ1v) is 9.00. The van der Waals surface area contributed by atoms with Gasteiger partial charge in [0.05, 0.1) is 0 Å². The van der Waals surface area contributed by atoms with Crippen LogP contribution in [0.15, 0.2) is 18.2 Å². The summed E-state index contributed by atoms with van der Waals surface area (Å²) in [5, 5.41) is 6.26. The minimum absolute atomic E-state index is 0.138. The molecule has 6 nitrogen and oxygen atoms in total. The van der Waals surface area contributed by atoms with Gasteiger partial charge in [0.25, 0.3) is 5.91 Å². The van der Waals surface area contributed by atoms with Crippen molar-refractivity contribution in [3.05, 3.63) is 28.8 Å². The van der Waals surface area contributed by atoms with Gasteiger partial charge in [-0.1, -0.05) is 30.5 Å². The quantitative estimate of drug-likeness (QED) is 0.788. The zero-order valence-corrected chi connectivity index (χ0v) is 15.0. The van der Waals surface area contributed by atoms with Crippen LogP contribution >= 0.6 is 11.6 Å². The van der Waals surface area contributed by atoms with Crippen LogP contribution in [0, 0.1) is 6.92 Å². The molecule has 2 aliphatic rings. The van der Waals surface area contributed by atoms with E-state index in [1.54, 1.807) is 18.2 Å². The van der Waals surface area contributed by atoms with Crippen LogP contribution in [0.25, 0.3) is 0 Å². The summed E-state index contributed by atoms with van der Waals surface area (Å²) in [7, 11) is 0. The molecule has 1 heterocycles. The van der Waals surface area contributed by atoms with E-state index in [9.17, 15) is 14.4 Å². The molecule has 1 aliphatic carbocycles. The molecule has 2 fully saturated rings. The first-order valence-electron chi connectivity index (χ1n) is 8.62. The lowest BCUT2D eigenvalue weighted by molar-refractivity contribution is -0.131. The van der Waals surface area contributed by atoms with Crippen molar-refractivity contribution in [1.82, 2.24) is 10.2 Å². The van der Waals surface area contributed by atoms with E-state index in [0.29, 0.717) is 30.0 Å². The van der Waals surface area contributed by atoms with Crippen LogP contribution in [0.1, 0.15) is 44.1 Å². The Hall–Kier alpha value is -2.08. The predicted octanol–water partition coefficient (Wildman–Crippen LogP) is 3.23. The van der Waals surface area contributed by atoms with Crippen LogP contribution < -0.4 is 10.6 Å². The van der Waals surface area contributed by atoms with E-state index in [1.807, 2.05) is 6.92 Å². The summed E-state index contributed by atoms with van der Waals surface area (Å²) in [6.07, 6.45) is 4.00. The van der Waals surface area contributed by atoms with Gasteiger partial charge >= 0.3 is 6.03 Å². The van der Waals surface area contributed by atoms with Gasteiger partial charge in [0.2, 0.25) is 5.91 Å². The molecular formula is C18H22ClN3O3. The van der Waals surface area contributed by atoms with Gasteiger partial charge in [0.15, 0.2) is 0 Å². The third-order valence-corrected chi connectivity index (χ3v) is 5.44. The molecule has 1 aromatic carbocycles. The van der Waals surface area contributed by atoms with Gasteiger partial charge in [-0.25, -0.2) is 4.79 Å². The third-order valence-electron chi connectivity index (χ3n) is 5.03. The summed E-state index contributed by atoms with van der Waals surface area (Å²) >= 11 is 6.04. The van der Waals surface area contributed by atoms with E-state index >= 15 is 0 Å². The molecule has 0 bridgehead atoms. The van der Waals surface area contributed by atoms with E-state index in [-0.39, 0.29) is 30.8 Å². The fourth-order valence-electron chi connectivity index (χ4n) is 3.55. The molecule has 0 radical (unpaired) electrons. The van der Waals surface area contributed by atoms with Gasteiger partial charge in [-0.15, -0.1) is 0 Å². The number of imide groups is 1. The second-order valence-electron chi connectivity index (χ2n) is 6.74. The number of benzene rings is 1. The fourth-order valence-corrected chi connectivity index (χ4v) is 3.72. The molecule has 0 atom stereocenters. The summed E-state index contributed by atoms with van der Waals surface area (Å²) in [6, 6.07) is 5.00. The molecule has 4 amide bonds. The van der Waals surface area contributed by atoms with Gasteiger partial charge in [-0.05, 0) is 43.9 Å². The maximum absolute atomic E-state index is 12.5. The highest BCUT2D eigenvalue weighted by Crippen LogP contribution is 2.35. The molecule has 25 heavy (non-hydrogen) atoms. The SMILES string of the molecule is Cc1c(Cl)cccc1NC(=O)CCCN1C(=O)NC2(CCCC2)C1=O. The number of amides is 4. The minimum atomic E-state index is -0.683. The molecule has 1 spiro atoms. The number of urea groups is 1. The van der Waals surface area contributed by atoms with Crippen molar-refractivity contribution in [2.24, 2.45) is 0 Å². The molecule has 1 aliphatic heterocycles. The highest BCUT2D eigenvalue weighted by atomic mass is 35.5. The van der Waals surface area contributed by atoms with E-state index in [4.69, 9.17) is 11.6 Å². The van der Waals surface area contributed by atoms with Gasteiger partial charge in [0.1, 0.15) is 5.54 Å². The number of anilines is 1. The van der Waals surface area contributed by atoms with Crippen LogP contribution in [0.5, 0.6) is 0 Å². The lowest BCUT2D eigenvalue weighted by Crippen LogP contribution is -2.44. The molecule has 0 aromatic heterocycles. The molecule has 134 valence electrons. The number of rotatable bonds is 5. The molecular weight excluding hydrogens is 342 g/mol. The summed E-state index contributed by atoms with van der Waals surface area (Å²) in [5.74, 6) is -0.297. The number of nitrogens with zero attached hydrogens (tertiary/aromatic N) is 1. The Balaban J connectivity index is 1.51. The molecule has 3 rings (SSSR count). The summed E-state index contributed by atoms with van der Waals surface area (Å²) < 4.78 is 0. The summed E-state index contributed by atoms with van der Waals surface area (Å²) in [5.41, 5.74) is 0.809. The number of carbonyl (C=O) groups is 3. The van der Waals surface area contributed by atoms with Crippen LogP contribution in [0.4, 0.5) is 10.5 Å². The average Bonchev–Trinajstić information content (AvgIpc) is 3.12. The maximum atomic E-state index is 12.5. The van der Waals surface area contributed by atoms with E-state index < -0.39 is 5.54 Å². The van der Waals surface area contributed by atoms with Gasteiger partial charge in [-0.3, -0.25) is 14.5 Å². The fraction of sp³-hybridized carbons (Fsp3) is 0.500. The Morgan fingerprint density at radius 2 is 2.04 bits per heavy atom. The zero-order chi connectivity index (χ0) is 18.0. The predicted molar refractivity (Wildman–Crippen MR) is 95.5 cm³/mol. The van der Waals surface area contributed by atoms with Crippen molar-refractivity contribution >= 4 is 35.1 Å². The minimum Gasteiger partial charge on any atom is -0.326 e. The molecule has 1 saturated carbocycles. The van der Waals surface area contributed by atoms with Gasteiger partial charge < -0.3 is 10.6 Å². The smallest absolute Gasteiger partial charge is 0.325 e. The van der Waals surface area contributed by atoms with E-state index in [0.717, 1.165) is 18.4 Å². The lowest BCUT2D eigenvalue weighted by atomic mass is 9.98. The first kappa shape index (κ1) is 17.7. The van der Waals surface area contributed by atoms with E-state index in [2.05, 4.69) is 10.6 Å². The molecule has 1 saturated heterocycles. The Labute approximate surface area is 151 Å². The topological polar surface area (TPSA) is 78.5 Å². The Kier molecular flexibility index (Phi) is 4.99. The molecule has 2 N–H and O–H groups in total. The van der Waals surface area contributed by atoms with Gasteiger partial charge in [0, 0.05) is 23.7 Å². The third kappa shape index (κ3) is 3.49. The summed E-state index contributed by atoms with van der Waals surface area (Å²) in [4.78, 5) is 37.9. The van der Waals surface area contributed by atoms with Crippen molar-refractivity contribution in [1.29, 1.82) is 0 Å². The number of halogens is 1. The average molecular weight is 364 g/mol. The Morgan fingerprint density at radius 1 is 1.32 bits per heavy atom. The van der Waals surface area contributed by atoms with Crippen molar-refractivity contribution in [3.8, 4) is 0 Å². The number of carbonyl (C=O) groups excluding carboxylic acids is 3. The van der Waals surface area contributed by atoms with Crippen molar-refractivity contribution in [2.45, 2.75) is 51.0 Å². The van der Waals surface area contributed by atoms with Crippen molar-refractivity contribution in [3.63, 3.8) is 0 Å². The number of nitrogens with one attached hydrogen (secondary N) is 2. The van der Waals surface area contributed by atoms with Crippen LogP contribution in [-0.2, 0) is 9.59 Å².